The van der Waals surface area contributed by atoms with Gasteiger partial charge in [-0.05, 0) is 31.4 Å². The summed E-state index contributed by atoms with van der Waals surface area (Å²) in [6.07, 6.45) is 9.31. The molecule has 0 aliphatic rings. The van der Waals surface area contributed by atoms with Gasteiger partial charge in [0.15, 0.2) is 0 Å². The van der Waals surface area contributed by atoms with E-state index in [9.17, 15) is 4.79 Å². The van der Waals surface area contributed by atoms with Gasteiger partial charge in [-0.25, -0.2) is 4.98 Å². The highest BCUT2D eigenvalue weighted by atomic mass is 35.5. The number of hydrogen-bond acceptors (Lipinski definition) is 2. The lowest BCUT2D eigenvalue weighted by Crippen LogP contribution is -2.33. The van der Waals surface area contributed by atoms with Crippen LogP contribution in [0.3, 0.4) is 0 Å². The fourth-order valence-electron chi connectivity index (χ4n) is 3.48. The second-order valence-corrected chi connectivity index (χ2v) is 7.69. The van der Waals surface area contributed by atoms with Crippen LogP contribution in [0, 0.1) is 6.92 Å². The number of benzene rings is 1. The van der Waals surface area contributed by atoms with Crippen molar-refractivity contribution in [3.63, 3.8) is 0 Å². The average molecular weight is 389 g/mol. The lowest BCUT2D eigenvalue weighted by atomic mass is 10.0. The smallest absolute Gasteiger partial charge is 0.254 e. The molecule has 148 valence electrons. The maximum atomic E-state index is 13.5. The lowest BCUT2D eigenvalue weighted by molar-refractivity contribution is 0.0750. The van der Waals surface area contributed by atoms with E-state index in [1.54, 1.807) is 0 Å². The minimum Gasteiger partial charge on any atom is -0.339 e. The molecule has 0 N–H and O–H groups in total. The third kappa shape index (κ3) is 5.93. The predicted molar refractivity (Wildman–Crippen MR) is 116 cm³/mol. The van der Waals surface area contributed by atoms with Gasteiger partial charge in [-0.3, -0.25) is 4.79 Å². The Kier molecular flexibility index (Phi) is 9.06. The van der Waals surface area contributed by atoms with Crippen molar-refractivity contribution in [2.75, 3.05) is 13.1 Å². The number of para-hydroxylation sites is 1. The molecule has 3 nitrogen and oxygen atoms in total. The molecule has 0 atom stereocenters. The predicted octanol–water partition coefficient (Wildman–Crippen LogP) is 6.80. The SMILES string of the molecule is CCCCCCN(CCCCCC)C(=O)c1c(C)c(Cl)nc2ccccc12. The van der Waals surface area contributed by atoms with Gasteiger partial charge in [-0.15, -0.1) is 0 Å². The molecule has 0 bridgehead atoms. The first kappa shape index (κ1) is 21.7. The molecule has 0 saturated carbocycles. The summed E-state index contributed by atoms with van der Waals surface area (Å²) >= 11 is 6.35. The molecule has 1 aromatic heterocycles. The van der Waals surface area contributed by atoms with Gasteiger partial charge in [0.1, 0.15) is 5.15 Å². The fourth-order valence-corrected chi connectivity index (χ4v) is 3.67. The zero-order valence-corrected chi connectivity index (χ0v) is 17.8. The molecule has 27 heavy (non-hydrogen) atoms. The molecule has 0 saturated heterocycles. The molecule has 1 aromatic carbocycles. The van der Waals surface area contributed by atoms with Crippen LogP contribution in [0.2, 0.25) is 5.15 Å². The van der Waals surface area contributed by atoms with Crippen molar-refractivity contribution >= 4 is 28.4 Å². The molecule has 0 aliphatic heterocycles. The first-order chi connectivity index (χ1) is 13.1. The molecule has 0 spiro atoms. The second kappa shape index (κ2) is 11.3. The number of hydrogen-bond donors (Lipinski definition) is 0. The largest absolute Gasteiger partial charge is 0.339 e. The van der Waals surface area contributed by atoms with Gasteiger partial charge < -0.3 is 4.90 Å². The van der Waals surface area contributed by atoms with Gasteiger partial charge >= 0.3 is 0 Å². The zero-order chi connectivity index (χ0) is 19.6. The number of aromatic nitrogens is 1. The molecular weight excluding hydrogens is 356 g/mol. The maximum Gasteiger partial charge on any atom is 0.254 e. The van der Waals surface area contributed by atoms with Gasteiger partial charge in [0.2, 0.25) is 0 Å². The number of nitrogens with zero attached hydrogens (tertiary/aromatic N) is 2. The van der Waals surface area contributed by atoms with E-state index in [0.29, 0.717) is 5.15 Å². The van der Waals surface area contributed by atoms with E-state index >= 15 is 0 Å². The van der Waals surface area contributed by atoms with Gasteiger partial charge in [-0.2, -0.15) is 0 Å². The number of unbranched alkanes of at least 4 members (excludes halogenated alkanes) is 6. The summed E-state index contributed by atoms with van der Waals surface area (Å²) in [5, 5.41) is 1.32. The standard InChI is InChI=1S/C23H33ClN2O/c1-4-6-8-12-16-26(17-13-9-7-5-2)23(27)21-18(3)22(24)25-20-15-11-10-14-19(20)21/h10-11,14-15H,4-9,12-13,16-17H2,1-3H3. The summed E-state index contributed by atoms with van der Waals surface area (Å²) in [5.41, 5.74) is 2.29. The molecular formula is C23H33ClN2O. The van der Waals surface area contributed by atoms with Gasteiger partial charge in [0.05, 0.1) is 11.1 Å². The van der Waals surface area contributed by atoms with E-state index in [1.165, 1.54) is 38.5 Å². The lowest BCUT2D eigenvalue weighted by Gasteiger charge is -2.24. The van der Waals surface area contributed by atoms with Crippen LogP contribution in [0.15, 0.2) is 24.3 Å². The monoisotopic (exact) mass is 388 g/mol. The summed E-state index contributed by atoms with van der Waals surface area (Å²) in [6, 6.07) is 7.79. The number of halogens is 1. The Morgan fingerprint density at radius 3 is 2.15 bits per heavy atom. The minimum atomic E-state index is 0.0981. The van der Waals surface area contributed by atoms with Crippen LogP contribution in [-0.4, -0.2) is 28.9 Å². The summed E-state index contributed by atoms with van der Waals surface area (Å²) in [7, 11) is 0. The van der Waals surface area contributed by atoms with E-state index in [0.717, 1.165) is 48.0 Å². The van der Waals surface area contributed by atoms with Crippen LogP contribution in [0.5, 0.6) is 0 Å². The number of amides is 1. The Bertz CT molecular complexity index is 732. The highest BCUT2D eigenvalue weighted by Crippen LogP contribution is 2.27. The van der Waals surface area contributed by atoms with E-state index < -0.39 is 0 Å². The van der Waals surface area contributed by atoms with E-state index in [2.05, 4.69) is 18.8 Å². The number of fused-ring (bicyclic) bond motifs is 1. The Labute approximate surface area is 169 Å². The fraction of sp³-hybridized carbons (Fsp3) is 0.565. The summed E-state index contributed by atoms with van der Waals surface area (Å²) in [6.45, 7) is 7.96. The van der Waals surface area contributed by atoms with Crippen LogP contribution in [-0.2, 0) is 0 Å². The van der Waals surface area contributed by atoms with Crippen LogP contribution in [0.25, 0.3) is 10.9 Å². The van der Waals surface area contributed by atoms with Gasteiger partial charge in [-0.1, -0.05) is 82.2 Å². The molecule has 1 amide bonds. The molecule has 4 heteroatoms. The third-order valence-corrected chi connectivity index (χ3v) is 5.51. The minimum absolute atomic E-state index is 0.0981. The van der Waals surface area contributed by atoms with Crippen LogP contribution >= 0.6 is 11.6 Å². The Hall–Kier alpha value is -1.61. The Morgan fingerprint density at radius 2 is 1.56 bits per heavy atom. The van der Waals surface area contributed by atoms with Crippen molar-refractivity contribution < 1.29 is 4.79 Å². The number of rotatable bonds is 11. The van der Waals surface area contributed by atoms with Crippen molar-refractivity contribution in [2.24, 2.45) is 0 Å². The summed E-state index contributed by atoms with van der Waals surface area (Å²) < 4.78 is 0. The average Bonchev–Trinajstić information content (AvgIpc) is 2.67. The molecule has 0 aliphatic carbocycles. The second-order valence-electron chi connectivity index (χ2n) is 7.33. The third-order valence-electron chi connectivity index (χ3n) is 5.14. The molecule has 0 fully saturated rings. The zero-order valence-electron chi connectivity index (χ0n) is 17.1. The summed E-state index contributed by atoms with van der Waals surface area (Å²) in [5.74, 6) is 0.0981. The highest BCUT2D eigenvalue weighted by Gasteiger charge is 2.22. The highest BCUT2D eigenvalue weighted by molar-refractivity contribution is 6.31. The summed E-state index contributed by atoms with van der Waals surface area (Å²) in [4.78, 5) is 20.0. The van der Waals surface area contributed by atoms with Crippen molar-refractivity contribution in [3.05, 3.63) is 40.5 Å². The number of pyridine rings is 1. The molecule has 0 unspecified atom stereocenters. The van der Waals surface area contributed by atoms with Crippen molar-refractivity contribution in [3.8, 4) is 0 Å². The molecule has 2 rings (SSSR count). The van der Waals surface area contributed by atoms with Crippen LogP contribution < -0.4 is 0 Å². The van der Waals surface area contributed by atoms with Gasteiger partial charge in [0, 0.05) is 18.5 Å². The van der Waals surface area contributed by atoms with E-state index in [-0.39, 0.29) is 5.91 Å². The van der Waals surface area contributed by atoms with E-state index in [1.807, 2.05) is 36.1 Å². The van der Waals surface area contributed by atoms with Crippen LogP contribution in [0.1, 0.15) is 81.1 Å². The first-order valence-electron chi connectivity index (χ1n) is 10.4. The Balaban J connectivity index is 2.27. The molecule has 1 heterocycles. The van der Waals surface area contributed by atoms with E-state index in [4.69, 9.17) is 11.6 Å². The molecule has 2 aromatic rings. The topological polar surface area (TPSA) is 33.2 Å². The van der Waals surface area contributed by atoms with Crippen molar-refractivity contribution in [1.82, 2.24) is 9.88 Å². The quantitative estimate of drug-likeness (QED) is 0.313. The van der Waals surface area contributed by atoms with Crippen molar-refractivity contribution in [1.29, 1.82) is 0 Å². The number of carbonyl (C=O) groups is 1. The maximum absolute atomic E-state index is 13.5. The van der Waals surface area contributed by atoms with Crippen LogP contribution in [0.4, 0.5) is 0 Å². The Morgan fingerprint density at radius 1 is 0.963 bits per heavy atom. The molecule has 0 radical (unpaired) electrons. The first-order valence-corrected chi connectivity index (χ1v) is 10.8. The normalized spacial score (nSPS) is 11.1. The van der Waals surface area contributed by atoms with Crippen molar-refractivity contribution in [2.45, 2.75) is 72.1 Å². The number of carbonyl (C=O) groups excluding carboxylic acids is 1. The van der Waals surface area contributed by atoms with Gasteiger partial charge in [0.25, 0.3) is 5.91 Å².